The molecule has 0 radical (unpaired) electrons. The summed E-state index contributed by atoms with van der Waals surface area (Å²) in [5.74, 6) is 0.647. The molecule has 21 heavy (non-hydrogen) atoms. The first-order valence-corrected chi connectivity index (χ1v) is 7.98. The Morgan fingerprint density at radius 3 is 2.86 bits per heavy atom. The average Bonchev–Trinajstić information content (AvgIpc) is 2.45. The van der Waals surface area contributed by atoms with Crippen LogP contribution in [0.15, 0.2) is 18.2 Å². The van der Waals surface area contributed by atoms with Gasteiger partial charge in [0.2, 0.25) is 0 Å². The van der Waals surface area contributed by atoms with Crippen molar-refractivity contribution in [1.82, 2.24) is 9.80 Å². The van der Waals surface area contributed by atoms with Gasteiger partial charge in [0, 0.05) is 35.4 Å². The van der Waals surface area contributed by atoms with Crippen molar-refractivity contribution in [3.05, 3.63) is 28.8 Å². The Kier molecular flexibility index (Phi) is 4.09. The van der Waals surface area contributed by atoms with Gasteiger partial charge in [-0.3, -0.25) is 4.79 Å². The van der Waals surface area contributed by atoms with Crippen molar-refractivity contribution in [3.8, 4) is 0 Å². The van der Waals surface area contributed by atoms with E-state index in [1.807, 2.05) is 4.90 Å². The molecule has 2 aliphatic rings. The second-order valence-electron chi connectivity index (χ2n) is 6.26. The number of carbonyl (C=O) groups excluding carboxylic acids is 1. The minimum atomic E-state index is 0.0517. The van der Waals surface area contributed by atoms with E-state index in [0.717, 1.165) is 19.5 Å². The largest absolute Gasteiger partial charge is 0.399 e. The fraction of sp³-hybridized carbons (Fsp3) is 0.562. The van der Waals surface area contributed by atoms with Crippen LogP contribution in [0.2, 0.25) is 5.02 Å². The van der Waals surface area contributed by atoms with Crippen LogP contribution in [0.25, 0.3) is 0 Å². The van der Waals surface area contributed by atoms with Crippen LogP contribution in [-0.4, -0.2) is 48.4 Å². The van der Waals surface area contributed by atoms with Crippen molar-refractivity contribution >= 4 is 23.2 Å². The van der Waals surface area contributed by atoms with E-state index < -0.39 is 0 Å². The molecule has 2 fully saturated rings. The Morgan fingerprint density at radius 1 is 1.29 bits per heavy atom. The maximum atomic E-state index is 12.7. The Hall–Kier alpha value is -1.26. The fourth-order valence-corrected chi connectivity index (χ4v) is 4.00. The molecule has 0 saturated carbocycles. The quantitative estimate of drug-likeness (QED) is 0.811. The lowest BCUT2D eigenvalue weighted by molar-refractivity contribution is 0.0317. The zero-order valence-electron chi connectivity index (χ0n) is 12.4. The number of piperidine rings is 2. The molecule has 1 aromatic rings. The number of benzene rings is 1. The summed E-state index contributed by atoms with van der Waals surface area (Å²) in [6.45, 7) is 2.84. The monoisotopic (exact) mass is 307 g/mol. The first-order chi connectivity index (χ1) is 10.0. The molecule has 0 aliphatic carbocycles. The second kappa shape index (κ2) is 5.85. The molecule has 5 heteroatoms. The van der Waals surface area contributed by atoms with Gasteiger partial charge in [-0.05, 0) is 57.0 Å². The van der Waals surface area contributed by atoms with Crippen LogP contribution < -0.4 is 5.73 Å². The van der Waals surface area contributed by atoms with Gasteiger partial charge in [-0.2, -0.15) is 0 Å². The summed E-state index contributed by atoms with van der Waals surface area (Å²) in [5, 5.41) is 0.519. The Balaban J connectivity index is 1.74. The first kappa shape index (κ1) is 14.7. The van der Waals surface area contributed by atoms with Crippen molar-refractivity contribution in [1.29, 1.82) is 0 Å². The SMILES string of the molecule is CN1CCCC2CN(C(=O)c3cc(N)cc(Cl)c3)CCC21. The predicted octanol–water partition coefficient (Wildman–Crippen LogP) is 2.48. The van der Waals surface area contributed by atoms with E-state index in [1.165, 1.54) is 19.4 Å². The van der Waals surface area contributed by atoms with Gasteiger partial charge >= 0.3 is 0 Å². The summed E-state index contributed by atoms with van der Waals surface area (Å²) in [6.07, 6.45) is 3.50. The molecule has 4 nitrogen and oxygen atoms in total. The normalized spacial score (nSPS) is 26.5. The van der Waals surface area contributed by atoms with E-state index in [-0.39, 0.29) is 5.91 Å². The van der Waals surface area contributed by atoms with E-state index in [1.54, 1.807) is 18.2 Å². The molecule has 114 valence electrons. The van der Waals surface area contributed by atoms with Crippen molar-refractivity contribution in [2.75, 3.05) is 32.4 Å². The standard InChI is InChI=1S/C16H22ClN3O/c1-19-5-2-3-11-10-20(6-4-15(11)19)16(21)12-7-13(17)9-14(18)8-12/h7-9,11,15H,2-6,10,18H2,1H3. The summed E-state index contributed by atoms with van der Waals surface area (Å²) < 4.78 is 0. The zero-order chi connectivity index (χ0) is 15.0. The minimum Gasteiger partial charge on any atom is -0.399 e. The molecule has 1 aromatic carbocycles. The average molecular weight is 308 g/mol. The van der Waals surface area contributed by atoms with E-state index in [4.69, 9.17) is 17.3 Å². The summed E-state index contributed by atoms with van der Waals surface area (Å²) in [5.41, 5.74) is 6.93. The third-order valence-corrected chi connectivity index (χ3v) is 5.02. The van der Waals surface area contributed by atoms with Gasteiger partial charge in [0.15, 0.2) is 0 Å². The number of halogens is 1. The molecule has 0 bridgehead atoms. The van der Waals surface area contributed by atoms with Crippen molar-refractivity contribution in [2.24, 2.45) is 5.92 Å². The summed E-state index contributed by atoms with van der Waals surface area (Å²) in [6, 6.07) is 5.72. The van der Waals surface area contributed by atoms with Gasteiger partial charge in [-0.1, -0.05) is 11.6 Å². The van der Waals surface area contributed by atoms with Crippen molar-refractivity contribution in [3.63, 3.8) is 0 Å². The van der Waals surface area contributed by atoms with Crippen LogP contribution in [0.5, 0.6) is 0 Å². The number of hydrogen-bond acceptors (Lipinski definition) is 3. The summed E-state index contributed by atoms with van der Waals surface area (Å²) in [7, 11) is 2.20. The highest BCUT2D eigenvalue weighted by Gasteiger charge is 2.35. The van der Waals surface area contributed by atoms with Crippen LogP contribution in [0.3, 0.4) is 0 Å². The fourth-order valence-electron chi connectivity index (χ4n) is 3.76. The van der Waals surface area contributed by atoms with Gasteiger partial charge < -0.3 is 15.5 Å². The third-order valence-electron chi connectivity index (χ3n) is 4.80. The topological polar surface area (TPSA) is 49.6 Å². The molecule has 2 unspecified atom stereocenters. The molecule has 1 amide bonds. The lowest BCUT2D eigenvalue weighted by Gasteiger charge is -2.46. The lowest BCUT2D eigenvalue weighted by atomic mass is 9.84. The Morgan fingerprint density at radius 2 is 2.10 bits per heavy atom. The Bertz CT molecular complexity index is 528. The first-order valence-electron chi connectivity index (χ1n) is 7.60. The molecule has 2 N–H and O–H groups in total. The number of nitrogen functional groups attached to an aromatic ring is 1. The Labute approximate surface area is 130 Å². The molecule has 0 spiro atoms. The van der Waals surface area contributed by atoms with Crippen LogP contribution >= 0.6 is 11.6 Å². The van der Waals surface area contributed by atoms with Gasteiger partial charge in [0.25, 0.3) is 5.91 Å². The van der Waals surface area contributed by atoms with Crippen LogP contribution in [0.1, 0.15) is 29.6 Å². The number of rotatable bonds is 1. The van der Waals surface area contributed by atoms with E-state index >= 15 is 0 Å². The molecule has 2 saturated heterocycles. The second-order valence-corrected chi connectivity index (χ2v) is 6.70. The molecule has 2 heterocycles. The molecule has 2 aliphatic heterocycles. The van der Waals surface area contributed by atoms with Crippen LogP contribution in [-0.2, 0) is 0 Å². The predicted molar refractivity (Wildman–Crippen MR) is 85.5 cm³/mol. The number of anilines is 1. The summed E-state index contributed by atoms with van der Waals surface area (Å²) >= 11 is 6.01. The zero-order valence-corrected chi connectivity index (χ0v) is 13.1. The van der Waals surface area contributed by atoms with Gasteiger partial charge in [0.05, 0.1) is 0 Å². The van der Waals surface area contributed by atoms with E-state index in [0.29, 0.717) is 28.2 Å². The lowest BCUT2D eigenvalue weighted by Crippen LogP contribution is -2.53. The highest BCUT2D eigenvalue weighted by atomic mass is 35.5. The third kappa shape index (κ3) is 3.01. The number of carbonyl (C=O) groups is 1. The molecule has 2 atom stereocenters. The van der Waals surface area contributed by atoms with E-state index in [9.17, 15) is 4.79 Å². The number of fused-ring (bicyclic) bond motifs is 1. The number of nitrogens with zero attached hydrogens (tertiary/aromatic N) is 2. The van der Waals surface area contributed by atoms with Gasteiger partial charge in [-0.25, -0.2) is 0 Å². The molecular formula is C16H22ClN3O. The minimum absolute atomic E-state index is 0.0517. The maximum Gasteiger partial charge on any atom is 0.253 e. The van der Waals surface area contributed by atoms with Gasteiger partial charge in [0.1, 0.15) is 0 Å². The van der Waals surface area contributed by atoms with Gasteiger partial charge in [-0.15, -0.1) is 0 Å². The highest BCUT2D eigenvalue weighted by Crippen LogP contribution is 2.30. The maximum absolute atomic E-state index is 12.7. The molecular weight excluding hydrogens is 286 g/mol. The molecule has 3 rings (SSSR count). The van der Waals surface area contributed by atoms with Crippen LogP contribution in [0, 0.1) is 5.92 Å². The van der Waals surface area contributed by atoms with Crippen molar-refractivity contribution in [2.45, 2.75) is 25.3 Å². The number of likely N-dealkylation sites (tertiary alicyclic amines) is 2. The highest BCUT2D eigenvalue weighted by molar-refractivity contribution is 6.31. The van der Waals surface area contributed by atoms with Crippen molar-refractivity contribution < 1.29 is 4.79 Å². The number of hydrogen-bond donors (Lipinski definition) is 1. The van der Waals surface area contributed by atoms with E-state index in [2.05, 4.69) is 11.9 Å². The summed E-state index contributed by atoms with van der Waals surface area (Å²) in [4.78, 5) is 17.1. The smallest absolute Gasteiger partial charge is 0.253 e. The number of nitrogens with two attached hydrogens (primary N) is 1. The molecule has 0 aromatic heterocycles. The van der Waals surface area contributed by atoms with Crippen LogP contribution in [0.4, 0.5) is 5.69 Å². The number of amides is 1.